The van der Waals surface area contributed by atoms with Crippen molar-refractivity contribution in [1.29, 1.82) is 0 Å². The Hall–Kier alpha value is -4.19. The van der Waals surface area contributed by atoms with Gasteiger partial charge in [0, 0.05) is 23.3 Å². The molecule has 1 aromatic heterocycles. The molecule has 0 saturated carbocycles. The van der Waals surface area contributed by atoms with Gasteiger partial charge in [0.25, 0.3) is 5.69 Å². The van der Waals surface area contributed by atoms with E-state index < -0.39 is 40.6 Å². The van der Waals surface area contributed by atoms with E-state index in [1.807, 2.05) is 5.32 Å². The normalized spacial score (nSPS) is 22.5. The highest BCUT2D eigenvalue weighted by atomic mass is 19.4. The van der Waals surface area contributed by atoms with E-state index in [2.05, 4.69) is 5.32 Å². The highest BCUT2D eigenvalue weighted by Gasteiger charge is 2.60. The van der Waals surface area contributed by atoms with Crippen LogP contribution in [0.4, 0.5) is 23.7 Å². The zero-order valence-corrected chi connectivity index (χ0v) is 17.1. The van der Waals surface area contributed by atoms with E-state index in [1.54, 1.807) is 6.07 Å². The first-order valence-electron chi connectivity index (χ1n) is 9.83. The monoisotopic (exact) mass is 475 g/mol. The number of alkyl halides is 3. The molecule has 0 radical (unpaired) electrons. The molecule has 1 saturated heterocycles. The lowest BCUT2D eigenvalue weighted by Crippen LogP contribution is -2.66. The lowest BCUT2D eigenvalue weighted by Gasteiger charge is -2.44. The smallest absolute Gasteiger partial charge is 0.450 e. The molecular formula is C22H16F3N3O6. The van der Waals surface area contributed by atoms with Crippen LogP contribution >= 0.6 is 0 Å². The molecule has 2 amide bonds. The first-order chi connectivity index (χ1) is 16.0. The Morgan fingerprint density at radius 2 is 1.79 bits per heavy atom. The quantitative estimate of drug-likeness (QED) is 0.380. The van der Waals surface area contributed by atoms with Crippen LogP contribution < -0.4 is 10.6 Å². The number of nitrogens with one attached hydrogen (secondary N) is 2. The van der Waals surface area contributed by atoms with Crippen molar-refractivity contribution < 1.29 is 37.2 Å². The fourth-order valence-electron chi connectivity index (χ4n) is 3.90. The van der Waals surface area contributed by atoms with Crippen LogP contribution in [-0.4, -0.2) is 28.0 Å². The zero-order valence-electron chi connectivity index (χ0n) is 17.1. The fraction of sp³-hybridized carbons (Fsp3) is 0.182. The number of hydrogen-bond acceptors (Lipinski definition) is 6. The molecule has 1 aliphatic rings. The second-order valence-corrected chi connectivity index (χ2v) is 7.56. The van der Waals surface area contributed by atoms with Gasteiger partial charge in [-0.1, -0.05) is 42.5 Å². The molecule has 12 heteroatoms. The van der Waals surface area contributed by atoms with Gasteiger partial charge < -0.3 is 20.2 Å². The Labute approximate surface area is 189 Å². The third-order valence-corrected chi connectivity index (χ3v) is 5.42. The largest absolute Gasteiger partial charge is 0.459 e. The molecule has 4 rings (SSSR count). The van der Waals surface area contributed by atoms with Gasteiger partial charge in [0.05, 0.1) is 4.92 Å². The molecule has 0 aliphatic carbocycles. The molecule has 3 N–H and O–H groups in total. The van der Waals surface area contributed by atoms with Gasteiger partial charge in [-0.25, -0.2) is 4.79 Å². The third-order valence-electron chi connectivity index (χ3n) is 5.42. The first kappa shape index (κ1) is 23.0. The zero-order chi connectivity index (χ0) is 24.7. The van der Waals surface area contributed by atoms with E-state index in [4.69, 9.17) is 4.42 Å². The van der Waals surface area contributed by atoms with Gasteiger partial charge in [0.2, 0.25) is 5.78 Å². The second-order valence-electron chi connectivity index (χ2n) is 7.56. The number of furan rings is 1. The number of urea groups is 1. The standard InChI is InChI=1S/C22H16F3N3O6/c23-22(24,25)19(29)17-18(26-20(30)27-21(17,31)13-6-2-1-3-7-13)16-10-9-15(34-16)12-5-4-8-14(11-12)28(32)33/h1-11,17-18,31H,(H2,26,27,30)/t17-,18+,21+/m0/s1. The van der Waals surface area contributed by atoms with Crippen LogP contribution in [-0.2, 0) is 10.5 Å². The molecule has 2 heterocycles. The van der Waals surface area contributed by atoms with E-state index in [1.165, 1.54) is 60.7 Å². The lowest BCUT2D eigenvalue weighted by atomic mass is 9.77. The second kappa shape index (κ2) is 8.30. The number of aliphatic hydroxyl groups is 1. The van der Waals surface area contributed by atoms with Crippen molar-refractivity contribution in [3.05, 3.63) is 88.2 Å². The summed E-state index contributed by atoms with van der Waals surface area (Å²) in [5.41, 5.74) is -2.84. The van der Waals surface area contributed by atoms with E-state index in [0.29, 0.717) is 0 Å². The summed E-state index contributed by atoms with van der Waals surface area (Å²) in [5, 5.41) is 26.6. The van der Waals surface area contributed by atoms with Crippen LogP contribution in [0.5, 0.6) is 0 Å². The van der Waals surface area contributed by atoms with E-state index in [0.717, 1.165) is 0 Å². The first-order valence-corrected chi connectivity index (χ1v) is 9.83. The number of amides is 2. The number of hydrogen-bond donors (Lipinski definition) is 3. The van der Waals surface area contributed by atoms with Crippen molar-refractivity contribution in [1.82, 2.24) is 10.6 Å². The van der Waals surface area contributed by atoms with Crippen molar-refractivity contribution in [2.75, 3.05) is 0 Å². The molecule has 34 heavy (non-hydrogen) atoms. The highest BCUT2D eigenvalue weighted by molar-refractivity contribution is 5.91. The van der Waals surface area contributed by atoms with Crippen LogP contribution in [0, 0.1) is 16.0 Å². The molecule has 0 unspecified atom stereocenters. The minimum Gasteiger partial charge on any atom is -0.459 e. The van der Waals surface area contributed by atoms with Gasteiger partial charge in [0.15, 0.2) is 5.72 Å². The summed E-state index contributed by atoms with van der Waals surface area (Å²) in [7, 11) is 0. The predicted molar refractivity (Wildman–Crippen MR) is 110 cm³/mol. The van der Waals surface area contributed by atoms with Crippen molar-refractivity contribution in [2.45, 2.75) is 17.9 Å². The average Bonchev–Trinajstić information content (AvgIpc) is 3.28. The number of nitrogens with zero attached hydrogens (tertiary/aromatic N) is 1. The molecule has 1 aliphatic heterocycles. The van der Waals surface area contributed by atoms with Crippen molar-refractivity contribution in [3.8, 4) is 11.3 Å². The molecule has 1 fully saturated rings. The summed E-state index contributed by atoms with van der Waals surface area (Å²) >= 11 is 0. The van der Waals surface area contributed by atoms with Crippen molar-refractivity contribution >= 4 is 17.5 Å². The molecule has 3 aromatic rings. The van der Waals surface area contributed by atoms with Gasteiger partial charge in [-0.15, -0.1) is 0 Å². The highest BCUT2D eigenvalue weighted by Crippen LogP contribution is 2.43. The molecular weight excluding hydrogens is 459 g/mol. The summed E-state index contributed by atoms with van der Waals surface area (Å²) in [6.07, 6.45) is -5.34. The number of carbonyl (C=O) groups is 2. The van der Waals surface area contributed by atoms with E-state index >= 15 is 0 Å². The molecule has 0 bridgehead atoms. The summed E-state index contributed by atoms with van der Waals surface area (Å²) in [6, 6.07) is 12.1. The SMILES string of the molecule is O=C1N[C@H](c2ccc(-c3cccc([N+](=O)[O-])c3)o2)[C@@H](C(=O)C(F)(F)F)[C@](O)(c2ccccc2)N1. The predicted octanol–water partition coefficient (Wildman–Crippen LogP) is 3.80. The van der Waals surface area contributed by atoms with Gasteiger partial charge in [0.1, 0.15) is 23.5 Å². The number of nitro benzene ring substituents is 1. The van der Waals surface area contributed by atoms with Crippen LogP contribution in [0.1, 0.15) is 17.4 Å². The maximum absolute atomic E-state index is 13.6. The number of rotatable bonds is 5. The summed E-state index contributed by atoms with van der Waals surface area (Å²) in [5.74, 6) is -4.75. The minimum absolute atomic E-state index is 0.0490. The Balaban J connectivity index is 1.81. The Kier molecular flexibility index (Phi) is 5.61. The number of ketones is 1. The van der Waals surface area contributed by atoms with Gasteiger partial charge in [-0.3, -0.25) is 14.9 Å². The molecule has 176 valence electrons. The van der Waals surface area contributed by atoms with Crippen molar-refractivity contribution in [2.24, 2.45) is 5.92 Å². The number of Topliss-reactive ketones (excluding diaryl/α,β-unsaturated/α-hetero) is 1. The fourth-order valence-corrected chi connectivity index (χ4v) is 3.90. The molecule has 3 atom stereocenters. The van der Waals surface area contributed by atoms with Gasteiger partial charge >= 0.3 is 12.2 Å². The third kappa shape index (κ3) is 4.10. The van der Waals surface area contributed by atoms with Gasteiger partial charge in [-0.05, 0) is 12.1 Å². The maximum atomic E-state index is 13.6. The van der Waals surface area contributed by atoms with Gasteiger partial charge in [-0.2, -0.15) is 13.2 Å². The van der Waals surface area contributed by atoms with Crippen LogP contribution in [0.2, 0.25) is 0 Å². The number of halogens is 3. The minimum atomic E-state index is -5.34. The van der Waals surface area contributed by atoms with Crippen LogP contribution in [0.15, 0.2) is 71.1 Å². The number of carbonyl (C=O) groups excluding carboxylic acids is 2. The number of nitro groups is 1. The molecule has 9 nitrogen and oxygen atoms in total. The Bertz CT molecular complexity index is 1260. The summed E-state index contributed by atoms with van der Waals surface area (Å²) < 4.78 is 46.3. The summed E-state index contributed by atoms with van der Waals surface area (Å²) in [6.45, 7) is 0. The Morgan fingerprint density at radius 3 is 2.44 bits per heavy atom. The lowest BCUT2D eigenvalue weighted by molar-refractivity contribution is -0.384. The van der Waals surface area contributed by atoms with Crippen molar-refractivity contribution in [3.63, 3.8) is 0 Å². The van der Waals surface area contributed by atoms with Crippen LogP contribution in [0.25, 0.3) is 11.3 Å². The van der Waals surface area contributed by atoms with Crippen LogP contribution in [0.3, 0.4) is 0 Å². The maximum Gasteiger partial charge on any atom is 0.450 e. The number of non-ortho nitro benzene ring substituents is 1. The molecule has 2 aromatic carbocycles. The van der Waals surface area contributed by atoms with E-state index in [-0.39, 0.29) is 28.3 Å². The topological polar surface area (TPSA) is 135 Å². The Morgan fingerprint density at radius 1 is 1.09 bits per heavy atom. The summed E-state index contributed by atoms with van der Waals surface area (Å²) in [4.78, 5) is 35.3. The molecule has 0 spiro atoms. The van der Waals surface area contributed by atoms with E-state index in [9.17, 15) is 38.0 Å². The average molecular weight is 475 g/mol. The number of benzene rings is 2.